The van der Waals surface area contributed by atoms with Crippen LogP contribution in [-0.4, -0.2) is 80.3 Å². The molecule has 16 nitrogen and oxygen atoms in total. The molecule has 1 amide bonds. The first kappa shape index (κ1) is 36.0. The number of carbonyl (C=O) groups excluding carboxylic acids is 1. The number of sulfonamides is 1. The molecule has 0 bridgehead atoms. The second-order valence-corrected chi connectivity index (χ2v) is 13.5. The normalized spacial score (nSPS) is 12.4. The molecule has 0 unspecified atom stereocenters. The van der Waals surface area contributed by atoms with E-state index in [-0.39, 0.29) is 45.9 Å². The van der Waals surface area contributed by atoms with Crippen LogP contribution in [-0.2, 0) is 24.9 Å². The number of benzene rings is 4. The van der Waals surface area contributed by atoms with Gasteiger partial charge in [0, 0.05) is 31.5 Å². The number of aliphatic hydroxyl groups excluding tert-OH is 2. The molecule has 0 atom stereocenters. The van der Waals surface area contributed by atoms with Crippen molar-refractivity contribution < 1.29 is 46.2 Å². The molecule has 4 aromatic carbocycles. The molecule has 0 aliphatic rings. The van der Waals surface area contributed by atoms with E-state index in [1.165, 1.54) is 68.6 Å². The molecule has 254 valence electrons. The van der Waals surface area contributed by atoms with Crippen molar-refractivity contribution in [2.24, 2.45) is 20.5 Å². The van der Waals surface area contributed by atoms with Crippen LogP contribution in [0.2, 0.25) is 0 Å². The van der Waals surface area contributed by atoms with Gasteiger partial charge in [-0.15, -0.1) is 10.2 Å². The van der Waals surface area contributed by atoms with Crippen LogP contribution in [0.15, 0.2) is 90.9 Å². The summed E-state index contributed by atoms with van der Waals surface area (Å²) in [7, 11) is -7.51. The first-order valence-electron chi connectivity index (χ1n) is 14.1. The summed E-state index contributed by atoms with van der Waals surface area (Å²) in [6, 6.07) is 14.1. The van der Waals surface area contributed by atoms with Gasteiger partial charge in [0.2, 0.25) is 15.9 Å². The van der Waals surface area contributed by atoms with Crippen molar-refractivity contribution in [3.63, 3.8) is 0 Å². The number of azo groups is 2. The molecule has 0 radical (unpaired) electrons. The number of anilines is 1. The average molecular weight is 701 g/mol. The third-order valence-electron chi connectivity index (χ3n) is 6.87. The highest BCUT2D eigenvalue weighted by molar-refractivity contribution is 7.89. The lowest BCUT2D eigenvalue weighted by atomic mass is 10.1. The van der Waals surface area contributed by atoms with E-state index in [2.05, 4.69) is 25.8 Å². The lowest BCUT2D eigenvalue weighted by molar-refractivity contribution is -0.114. The molecule has 4 aromatic rings. The van der Waals surface area contributed by atoms with Crippen LogP contribution in [0.3, 0.4) is 0 Å². The summed E-state index contributed by atoms with van der Waals surface area (Å²) in [4.78, 5) is 10.9. The van der Waals surface area contributed by atoms with E-state index < -0.39 is 55.6 Å². The van der Waals surface area contributed by atoms with Crippen LogP contribution < -0.4 is 10.1 Å². The molecule has 48 heavy (non-hydrogen) atoms. The second-order valence-electron chi connectivity index (χ2n) is 10.2. The summed E-state index contributed by atoms with van der Waals surface area (Å²) in [5.74, 6) is -0.950. The van der Waals surface area contributed by atoms with Crippen molar-refractivity contribution >= 4 is 65.3 Å². The Morgan fingerprint density at radius 1 is 0.896 bits per heavy atom. The van der Waals surface area contributed by atoms with Gasteiger partial charge in [-0.25, -0.2) is 8.42 Å². The smallest absolute Gasteiger partial charge is 0.296 e. The predicted molar refractivity (Wildman–Crippen MR) is 175 cm³/mol. The molecular formula is C30H32N6O10S2. The highest BCUT2D eigenvalue weighted by atomic mass is 32.2. The number of hydrogen-bond donors (Lipinski definition) is 5. The maximum absolute atomic E-state index is 12.8. The van der Waals surface area contributed by atoms with E-state index in [4.69, 9.17) is 4.74 Å². The van der Waals surface area contributed by atoms with Crippen LogP contribution in [0, 0.1) is 6.92 Å². The number of carbonyl (C=O) groups is 1. The maximum Gasteiger partial charge on any atom is 0.296 e. The number of ether oxygens (including phenoxy) is 1. The standard InChI is InChI=1S/C30H32N6O10S2/c1-18-15-25(34-35-29-27(48(43,44)45)16-20-5-4-6-23(31-19(2)39)28(20)30(29)40)26(46-3)17-24(18)33-32-21-7-9-22(10-8-21)47(41,42)36(11-13-37)12-14-38/h4-10,15-17,37-38,40H,11-14H2,1-3H3,(H,31,39)(H,43,44,45). The molecule has 18 heteroatoms. The van der Waals surface area contributed by atoms with Crippen LogP contribution in [0.4, 0.5) is 28.4 Å². The SMILES string of the molecule is COc1cc(N=Nc2ccc(S(=O)(=O)N(CCO)CCO)cc2)c(C)cc1N=Nc1c(S(=O)(=O)O)cc2cccc(NC(C)=O)c2c1O. The molecule has 0 aliphatic heterocycles. The molecule has 0 spiro atoms. The number of methoxy groups -OCH3 is 1. The van der Waals surface area contributed by atoms with Gasteiger partial charge in [0.15, 0.2) is 5.75 Å². The number of aromatic hydroxyl groups is 1. The van der Waals surface area contributed by atoms with Gasteiger partial charge in [-0.05, 0) is 60.3 Å². The topological polar surface area (TPSA) is 240 Å². The minimum Gasteiger partial charge on any atom is -0.505 e. The first-order valence-corrected chi connectivity index (χ1v) is 17.0. The number of phenolic OH excluding ortho intramolecular Hbond substituents is 1. The minimum atomic E-state index is -4.89. The number of amides is 1. The van der Waals surface area contributed by atoms with E-state index >= 15 is 0 Å². The van der Waals surface area contributed by atoms with Crippen molar-refractivity contribution in [1.82, 2.24) is 4.31 Å². The highest BCUT2D eigenvalue weighted by Gasteiger charge is 2.25. The van der Waals surface area contributed by atoms with Gasteiger partial charge >= 0.3 is 0 Å². The lowest BCUT2D eigenvalue weighted by Crippen LogP contribution is -2.35. The van der Waals surface area contributed by atoms with Crippen LogP contribution in [0.1, 0.15) is 12.5 Å². The number of aliphatic hydroxyl groups is 2. The highest BCUT2D eigenvalue weighted by Crippen LogP contribution is 2.45. The summed E-state index contributed by atoms with van der Waals surface area (Å²) in [5, 5.41) is 48.7. The van der Waals surface area contributed by atoms with Gasteiger partial charge in [-0.3, -0.25) is 9.35 Å². The van der Waals surface area contributed by atoms with E-state index in [1.807, 2.05) is 0 Å². The van der Waals surface area contributed by atoms with E-state index in [9.17, 15) is 41.5 Å². The number of rotatable bonds is 13. The van der Waals surface area contributed by atoms with Crippen LogP contribution in [0.25, 0.3) is 10.8 Å². The number of fused-ring (bicyclic) bond motifs is 1. The predicted octanol–water partition coefficient (Wildman–Crippen LogP) is 4.87. The molecule has 0 saturated heterocycles. The average Bonchev–Trinajstić information content (AvgIpc) is 3.03. The summed E-state index contributed by atoms with van der Waals surface area (Å²) in [6.07, 6.45) is 0. The van der Waals surface area contributed by atoms with Gasteiger partial charge in [-0.2, -0.15) is 23.0 Å². The van der Waals surface area contributed by atoms with Crippen molar-refractivity contribution in [2.75, 3.05) is 38.7 Å². The third kappa shape index (κ3) is 7.98. The Kier molecular flexibility index (Phi) is 11.2. The molecule has 0 saturated carbocycles. The molecule has 0 aromatic heterocycles. The van der Waals surface area contributed by atoms with Gasteiger partial charge in [0.1, 0.15) is 22.0 Å². The van der Waals surface area contributed by atoms with Crippen molar-refractivity contribution in [2.45, 2.75) is 23.6 Å². The fourth-order valence-electron chi connectivity index (χ4n) is 4.62. The van der Waals surface area contributed by atoms with Crippen molar-refractivity contribution in [3.05, 3.63) is 66.2 Å². The van der Waals surface area contributed by atoms with Crippen LogP contribution in [0.5, 0.6) is 11.5 Å². The summed E-state index contributed by atoms with van der Waals surface area (Å²) in [5.41, 5.74) is 0.895. The Morgan fingerprint density at radius 3 is 2.12 bits per heavy atom. The number of hydrogen-bond acceptors (Lipinski definition) is 13. The Balaban J connectivity index is 1.68. The summed E-state index contributed by atoms with van der Waals surface area (Å²) >= 11 is 0. The van der Waals surface area contributed by atoms with Crippen molar-refractivity contribution in [1.29, 1.82) is 0 Å². The Morgan fingerprint density at radius 2 is 1.54 bits per heavy atom. The molecule has 0 fully saturated rings. The van der Waals surface area contributed by atoms with Gasteiger partial charge < -0.3 is 25.4 Å². The molecule has 5 N–H and O–H groups in total. The maximum atomic E-state index is 12.8. The zero-order chi connectivity index (χ0) is 35.2. The van der Waals surface area contributed by atoms with E-state index in [0.717, 1.165) is 10.4 Å². The van der Waals surface area contributed by atoms with E-state index in [0.29, 0.717) is 16.9 Å². The quantitative estimate of drug-likeness (QED) is 0.0936. The van der Waals surface area contributed by atoms with E-state index in [1.54, 1.807) is 6.92 Å². The lowest BCUT2D eigenvalue weighted by Gasteiger charge is -2.20. The number of nitrogens with one attached hydrogen (secondary N) is 1. The van der Waals surface area contributed by atoms with Gasteiger partial charge in [0.25, 0.3) is 10.1 Å². The third-order valence-corrected chi connectivity index (χ3v) is 9.65. The molecule has 4 rings (SSSR count). The number of nitrogens with zero attached hydrogens (tertiary/aromatic N) is 5. The molecule has 0 aliphatic carbocycles. The molecule has 0 heterocycles. The van der Waals surface area contributed by atoms with Crippen LogP contribution >= 0.6 is 0 Å². The Hall–Kier alpha value is -4.85. The van der Waals surface area contributed by atoms with Crippen molar-refractivity contribution in [3.8, 4) is 11.5 Å². The summed E-state index contributed by atoms with van der Waals surface area (Å²) < 4.78 is 66.5. The summed E-state index contributed by atoms with van der Waals surface area (Å²) in [6.45, 7) is 1.77. The fourth-order valence-corrected chi connectivity index (χ4v) is 6.70. The first-order chi connectivity index (χ1) is 22.7. The monoisotopic (exact) mass is 700 g/mol. The minimum absolute atomic E-state index is 0.0585. The Labute approximate surface area is 275 Å². The Bertz CT molecular complexity index is 2110. The number of phenols is 1. The zero-order valence-corrected chi connectivity index (χ0v) is 27.5. The van der Waals surface area contributed by atoms with Gasteiger partial charge in [0.05, 0.1) is 42.3 Å². The number of aryl methyl sites for hydroxylation is 1. The largest absolute Gasteiger partial charge is 0.505 e. The second kappa shape index (κ2) is 14.9. The zero-order valence-electron chi connectivity index (χ0n) is 25.9. The van der Waals surface area contributed by atoms with Gasteiger partial charge in [-0.1, -0.05) is 12.1 Å². The fraction of sp³-hybridized carbons (Fsp3) is 0.233. The molecular weight excluding hydrogens is 668 g/mol.